The Labute approximate surface area is 236 Å². The lowest BCUT2D eigenvalue weighted by Gasteiger charge is -2.18. The van der Waals surface area contributed by atoms with E-state index in [1.807, 2.05) is 48.5 Å². The van der Waals surface area contributed by atoms with E-state index >= 15 is 0 Å². The van der Waals surface area contributed by atoms with Crippen molar-refractivity contribution in [3.63, 3.8) is 0 Å². The number of Topliss-reactive ketones (excluding diaryl/α,β-unsaturated/α-hetero) is 1. The molecular weight excluding hydrogens is 508 g/mol. The van der Waals surface area contributed by atoms with Crippen LogP contribution in [0.25, 0.3) is 0 Å². The van der Waals surface area contributed by atoms with Gasteiger partial charge in [0.2, 0.25) is 11.5 Å². The number of carbonyl (C=O) groups is 1. The smallest absolute Gasteiger partial charge is 0.247 e. The summed E-state index contributed by atoms with van der Waals surface area (Å²) in [5.41, 5.74) is 3.77. The summed E-state index contributed by atoms with van der Waals surface area (Å²) in [5, 5.41) is 38.3. The third-order valence-electron chi connectivity index (χ3n) is 6.50. The van der Waals surface area contributed by atoms with Crippen LogP contribution >= 0.6 is 0 Å². The number of aliphatic imine (C=N–C) groups is 1. The Morgan fingerprint density at radius 2 is 1.23 bits per heavy atom. The van der Waals surface area contributed by atoms with Crippen LogP contribution in [0.3, 0.4) is 0 Å². The van der Waals surface area contributed by atoms with Gasteiger partial charge in [0, 0.05) is 43.4 Å². The number of unbranched alkanes of at least 4 members (excludes halogenated alkanes) is 6. The van der Waals surface area contributed by atoms with Gasteiger partial charge in [0.25, 0.3) is 0 Å². The molecule has 0 radical (unpaired) electrons. The minimum absolute atomic E-state index is 0.164. The predicted octanol–water partition coefficient (Wildman–Crippen LogP) is 5.68. The van der Waals surface area contributed by atoms with Crippen molar-refractivity contribution in [2.75, 3.05) is 49.4 Å². The Kier molecular flexibility index (Phi) is 13.0. The molecule has 0 fully saturated rings. The molecule has 1 aliphatic rings. The molecule has 0 saturated carbocycles. The highest BCUT2D eigenvalue weighted by Gasteiger charge is 2.28. The van der Waals surface area contributed by atoms with Gasteiger partial charge in [-0.25, -0.2) is 4.99 Å². The molecule has 0 amide bonds. The summed E-state index contributed by atoms with van der Waals surface area (Å²) in [6.07, 6.45) is 9.47. The van der Waals surface area contributed by atoms with Crippen LogP contribution in [0.5, 0.6) is 0 Å². The number of aliphatic hydroxyl groups is 3. The second kappa shape index (κ2) is 17.0. The topological polar surface area (TPSA) is 135 Å². The lowest BCUT2D eigenvalue weighted by atomic mass is 10.0. The van der Waals surface area contributed by atoms with Gasteiger partial charge >= 0.3 is 0 Å². The highest BCUT2D eigenvalue weighted by Crippen LogP contribution is 2.25. The van der Waals surface area contributed by atoms with Crippen LogP contribution in [0.4, 0.5) is 22.7 Å². The molecule has 6 N–H and O–H groups in total. The highest BCUT2D eigenvalue weighted by atomic mass is 16.5. The number of nitrogens with zero attached hydrogens (tertiary/aromatic N) is 1. The van der Waals surface area contributed by atoms with E-state index in [2.05, 4.69) is 20.9 Å². The van der Waals surface area contributed by atoms with Crippen molar-refractivity contribution in [3.05, 3.63) is 71.8 Å². The number of rotatable bonds is 18. The van der Waals surface area contributed by atoms with Gasteiger partial charge in [-0.15, -0.1) is 0 Å². The Balaban J connectivity index is 1.62. The molecule has 2 aromatic rings. The number of nitrogens with one attached hydrogen (secondary N) is 3. The van der Waals surface area contributed by atoms with Crippen LogP contribution in [0.15, 0.2) is 76.8 Å². The van der Waals surface area contributed by atoms with Crippen molar-refractivity contribution in [2.24, 2.45) is 4.99 Å². The number of carbonyl (C=O) groups excluding carboxylic acids is 1. The third kappa shape index (κ3) is 9.73. The van der Waals surface area contributed by atoms with E-state index in [1.165, 1.54) is 13.2 Å². The summed E-state index contributed by atoms with van der Waals surface area (Å²) in [6, 6.07) is 15.2. The molecule has 0 unspecified atom stereocenters. The molecule has 0 atom stereocenters. The Bertz CT molecular complexity index is 1160. The zero-order chi connectivity index (χ0) is 28.6. The van der Waals surface area contributed by atoms with Crippen LogP contribution in [-0.4, -0.2) is 60.2 Å². The number of hydrogen-bond acceptors (Lipinski definition) is 9. The van der Waals surface area contributed by atoms with Crippen molar-refractivity contribution in [3.8, 4) is 0 Å². The first kappa shape index (κ1) is 30.7. The number of hydrogen-bond donors (Lipinski definition) is 6. The van der Waals surface area contributed by atoms with Gasteiger partial charge in [0.1, 0.15) is 5.71 Å². The summed E-state index contributed by atoms with van der Waals surface area (Å²) in [5.74, 6) is -0.924. The van der Waals surface area contributed by atoms with E-state index in [9.17, 15) is 9.90 Å². The average Bonchev–Trinajstić information content (AvgIpc) is 2.97. The Morgan fingerprint density at radius 3 is 1.75 bits per heavy atom. The first-order valence-corrected chi connectivity index (χ1v) is 14.0. The molecule has 216 valence electrons. The normalized spacial score (nSPS) is 14.3. The van der Waals surface area contributed by atoms with Gasteiger partial charge in [0.15, 0.2) is 5.76 Å². The number of aliphatic hydroxyl groups excluding tert-OH is 3. The molecule has 1 aliphatic carbocycles. The van der Waals surface area contributed by atoms with Gasteiger partial charge in [-0.05, 0) is 80.3 Å². The van der Waals surface area contributed by atoms with Crippen LogP contribution in [0.1, 0.15) is 51.4 Å². The minimum atomic E-state index is -0.456. The maximum atomic E-state index is 12.9. The molecule has 9 nitrogen and oxygen atoms in total. The maximum Gasteiger partial charge on any atom is 0.247 e. The molecule has 3 rings (SSSR count). The monoisotopic (exact) mass is 550 g/mol. The number of methoxy groups -OCH3 is 1. The number of ketones is 1. The van der Waals surface area contributed by atoms with Crippen LogP contribution < -0.4 is 16.0 Å². The van der Waals surface area contributed by atoms with Crippen LogP contribution in [0, 0.1) is 0 Å². The quantitative estimate of drug-likeness (QED) is 0.103. The number of allylic oxidation sites excluding steroid dienone is 1. The molecule has 0 bridgehead atoms. The van der Waals surface area contributed by atoms with E-state index in [-0.39, 0.29) is 36.1 Å². The van der Waals surface area contributed by atoms with Gasteiger partial charge in [-0.3, -0.25) is 4.79 Å². The molecule has 0 saturated heterocycles. The van der Waals surface area contributed by atoms with Crippen molar-refractivity contribution < 1.29 is 24.9 Å². The van der Waals surface area contributed by atoms with Gasteiger partial charge in [-0.1, -0.05) is 25.7 Å². The molecule has 9 heteroatoms. The fourth-order valence-corrected chi connectivity index (χ4v) is 4.25. The largest absolute Gasteiger partial charge is 0.503 e. The third-order valence-corrected chi connectivity index (χ3v) is 6.50. The van der Waals surface area contributed by atoms with Crippen molar-refractivity contribution in [1.82, 2.24) is 0 Å². The zero-order valence-electron chi connectivity index (χ0n) is 23.3. The van der Waals surface area contributed by atoms with E-state index in [0.717, 1.165) is 81.5 Å². The second-order valence-electron chi connectivity index (χ2n) is 9.64. The molecule has 40 heavy (non-hydrogen) atoms. The average molecular weight is 551 g/mol. The van der Waals surface area contributed by atoms with E-state index in [0.29, 0.717) is 5.69 Å². The van der Waals surface area contributed by atoms with Gasteiger partial charge < -0.3 is 36.0 Å². The number of benzene rings is 2. The first-order valence-electron chi connectivity index (χ1n) is 14.0. The van der Waals surface area contributed by atoms with Crippen LogP contribution in [0.2, 0.25) is 0 Å². The Hall–Kier alpha value is -3.82. The fourth-order valence-electron chi connectivity index (χ4n) is 4.25. The summed E-state index contributed by atoms with van der Waals surface area (Å²) in [6.45, 7) is 2.19. The lowest BCUT2D eigenvalue weighted by Crippen LogP contribution is -2.24. The Morgan fingerprint density at radius 1 is 0.725 bits per heavy atom. The van der Waals surface area contributed by atoms with Gasteiger partial charge in [-0.2, -0.15) is 0 Å². The highest BCUT2D eigenvalue weighted by molar-refractivity contribution is 6.24. The predicted molar refractivity (Wildman–Crippen MR) is 161 cm³/mol. The number of ether oxygens (including phenoxy) is 1. The molecule has 0 aromatic heterocycles. The van der Waals surface area contributed by atoms with E-state index in [4.69, 9.17) is 14.9 Å². The molecular formula is C31H42N4O5. The lowest BCUT2D eigenvalue weighted by molar-refractivity contribution is -0.115. The van der Waals surface area contributed by atoms with Crippen molar-refractivity contribution in [2.45, 2.75) is 51.4 Å². The summed E-state index contributed by atoms with van der Waals surface area (Å²) in [7, 11) is 1.35. The van der Waals surface area contributed by atoms with Crippen LogP contribution in [-0.2, 0) is 9.53 Å². The van der Waals surface area contributed by atoms with Crippen molar-refractivity contribution >= 4 is 34.2 Å². The van der Waals surface area contributed by atoms with E-state index in [1.54, 1.807) is 0 Å². The SMILES string of the molecule is COC1=C(O)/C(=N\c2ccc(NCCCCCCO)cc2)C=C(Nc2ccc(NCCCCCCO)cc2)C1=O. The minimum Gasteiger partial charge on any atom is -0.503 e. The molecule has 2 aromatic carbocycles. The molecule has 0 spiro atoms. The maximum absolute atomic E-state index is 12.9. The molecule has 0 aliphatic heterocycles. The summed E-state index contributed by atoms with van der Waals surface area (Å²) >= 11 is 0. The number of anilines is 3. The van der Waals surface area contributed by atoms with E-state index < -0.39 is 5.78 Å². The second-order valence-corrected chi connectivity index (χ2v) is 9.64. The summed E-state index contributed by atoms with van der Waals surface area (Å²) < 4.78 is 5.22. The van der Waals surface area contributed by atoms with Crippen molar-refractivity contribution in [1.29, 1.82) is 0 Å². The summed E-state index contributed by atoms with van der Waals surface area (Å²) in [4.78, 5) is 17.5. The van der Waals surface area contributed by atoms with Gasteiger partial charge in [0.05, 0.1) is 18.5 Å². The first-order chi connectivity index (χ1) is 19.5. The fraction of sp³-hybridized carbons (Fsp3) is 0.419. The molecule has 0 heterocycles. The zero-order valence-corrected chi connectivity index (χ0v) is 23.3. The standard InChI is InChI=1S/C31H42N4O5/c1-40-31-29(38)27(34-25-14-10-23(11-15-25)32-18-6-2-4-8-20-36)22-28(30(31)39)35-26-16-12-24(13-17-26)33-19-7-3-5-9-21-37/h10-17,22,32-34,36-37,39H,2-9,18-21H2,1H3/b35-28-.